The van der Waals surface area contributed by atoms with E-state index in [9.17, 15) is 9.59 Å². The maximum atomic E-state index is 11.8. The summed E-state index contributed by atoms with van der Waals surface area (Å²) < 4.78 is 0. The zero-order valence-electron chi connectivity index (χ0n) is 12.0. The Labute approximate surface area is 120 Å². The van der Waals surface area contributed by atoms with Crippen molar-refractivity contribution in [1.82, 2.24) is 4.90 Å². The average Bonchev–Trinajstić information content (AvgIpc) is 2.69. The van der Waals surface area contributed by atoms with Gasteiger partial charge in [0.25, 0.3) is 0 Å². The number of imide groups is 1. The summed E-state index contributed by atoms with van der Waals surface area (Å²) in [7, 11) is 0. The van der Waals surface area contributed by atoms with Crippen LogP contribution in [0.25, 0.3) is 0 Å². The fourth-order valence-corrected chi connectivity index (χ4v) is 5.85. The van der Waals surface area contributed by atoms with Crippen LogP contribution in [0.3, 0.4) is 0 Å². The lowest BCUT2D eigenvalue weighted by molar-refractivity contribution is -0.140. The van der Waals surface area contributed by atoms with Gasteiger partial charge in [0.1, 0.15) is 0 Å². The standard InChI is InChI=1S/C16H24N2O2/c17-13(9-18-14(19)1-2-15(18)20)16-6-10-3-11(7-16)5-12(4-10)8-16/h10-13H,1-9,17H2. The molecule has 1 atom stereocenters. The van der Waals surface area contributed by atoms with Crippen molar-refractivity contribution in [2.45, 2.75) is 57.4 Å². The Hall–Kier alpha value is -0.900. The smallest absolute Gasteiger partial charge is 0.229 e. The van der Waals surface area contributed by atoms with Crippen LogP contribution in [0.5, 0.6) is 0 Å². The third-order valence-electron chi connectivity index (χ3n) is 6.41. The highest BCUT2D eigenvalue weighted by Crippen LogP contribution is 2.61. The minimum atomic E-state index is -0.0184. The van der Waals surface area contributed by atoms with E-state index in [4.69, 9.17) is 5.73 Å². The minimum Gasteiger partial charge on any atom is -0.326 e. The molecule has 0 aromatic rings. The highest BCUT2D eigenvalue weighted by atomic mass is 16.2. The van der Waals surface area contributed by atoms with Gasteiger partial charge in [0.2, 0.25) is 11.8 Å². The second kappa shape index (κ2) is 4.30. The minimum absolute atomic E-state index is 0.0121. The van der Waals surface area contributed by atoms with Gasteiger partial charge in [0, 0.05) is 25.4 Å². The van der Waals surface area contributed by atoms with Crippen molar-refractivity contribution in [2.24, 2.45) is 28.9 Å². The number of nitrogens with zero attached hydrogens (tertiary/aromatic N) is 1. The summed E-state index contributed by atoms with van der Waals surface area (Å²) in [6.07, 6.45) is 8.65. The van der Waals surface area contributed by atoms with Crippen LogP contribution < -0.4 is 5.73 Å². The van der Waals surface area contributed by atoms with Crippen LogP contribution in [0, 0.1) is 23.2 Å². The van der Waals surface area contributed by atoms with Crippen molar-refractivity contribution in [3.63, 3.8) is 0 Å². The highest BCUT2D eigenvalue weighted by Gasteiger charge is 2.54. The molecule has 1 unspecified atom stereocenters. The number of hydrogen-bond donors (Lipinski definition) is 1. The van der Waals surface area contributed by atoms with E-state index in [-0.39, 0.29) is 23.3 Å². The van der Waals surface area contributed by atoms with E-state index >= 15 is 0 Å². The van der Waals surface area contributed by atoms with Crippen molar-refractivity contribution in [3.05, 3.63) is 0 Å². The molecular weight excluding hydrogens is 252 g/mol. The monoisotopic (exact) mass is 276 g/mol. The van der Waals surface area contributed by atoms with Crippen molar-refractivity contribution >= 4 is 11.8 Å². The summed E-state index contributed by atoms with van der Waals surface area (Å²) in [6, 6.07) is -0.0121. The number of hydrogen-bond acceptors (Lipinski definition) is 3. The van der Waals surface area contributed by atoms with E-state index in [2.05, 4.69) is 0 Å². The molecule has 0 aromatic heterocycles. The molecule has 5 aliphatic rings. The normalized spacial score (nSPS) is 44.5. The van der Waals surface area contributed by atoms with Crippen LogP contribution >= 0.6 is 0 Å². The first kappa shape index (κ1) is 12.8. The largest absolute Gasteiger partial charge is 0.326 e. The first-order valence-corrected chi connectivity index (χ1v) is 8.14. The molecule has 5 fully saturated rings. The van der Waals surface area contributed by atoms with Crippen molar-refractivity contribution in [3.8, 4) is 0 Å². The van der Waals surface area contributed by atoms with E-state index < -0.39 is 0 Å². The molecule has 4 nitrogen and oxygen atoms in total. The van der Waals surface area contributed by atoms with E-state index in [0.717, 1.165) is 17.8 Å². The van der Waals surface area contributed by atoms with Crippen LogP contribution in [0.1, 0.15) is 51.4 Å². The summed E-state index contributed by atoms with van der Waals surface area (Å²) >= 11 is 0. The molecule has 20 heavy (non-hydrogen) atoms. The Bertz CT molecular complexity index is 408. The van der Waals surface area contributed by atoms with Gasteiger partial charge in [-0.05, 0) is 61.7 Å². The molecule has 4 bridgehead atoms. The Morgan fingerprint density at radius 3 is 1.90 bits per heavy atom. The van der Waals surface area contributed by atoms with Gasteiger partial charge in [-0.3, -0.25) is 14.5 Å². The fraction of sp³-hybridized carbons (Fsp3) is 0.875. The molecule has 0 aromatic carbocycles. The lowest BCUT2D eigenvalue weighted by Gasteiger charge is -2.59. The molecule has 2 amide bonds. The summed E-state index contributed by atoms with van der Waals surface area (Å²) in [5.41, 5.74) is 6.75. The SMILES string of the molecule is NC(CN1C(=O)CCC1=O)C12CC3CC(CC(C3)C1)C2. The van der Waals surface area contributed by atoms with E-state index in [1.165, 1.54) is 43.4 Å². The van der Waals surface area contributed by atoms with Gasteiger partial charge in [-0.2, -0.15) is 0 Å². The predicted octanol–water partition coefficient (Wildman–Crippen LogP) is 1.68. The van der Waals surface area contributed by atoms with Gasteiger partial charge < -0.3 is 5.73 Å². The van der Waals surface area contributed by atoms with E-state index in [1.807, 2.05) is 0 Å². The van der Waals surface area contributed by atoms with E-state index in [0.29, 0.717) is 19.4 Å². The molecule has 0 spiro atoms. The zero-order valence-corrected chi connectivity index (χ0v) is 12.0. The number of amides is 2. The molecule has 5 rings (SSSR count). The number of rotatable bonds is 3. The summed E-state index contributed by atoms with van der Waals surface area (Å²) in [5, 5.41) is 0. The first-order valence-electron chi connectivity index (χ1n) is 8.14. The molecule has 1 aliphatic heterocycles. The summed E-state index contributed by atoms with van der Waals surface area (Å²) in [6.45, 7) is 0.462. The van der Waals surface area contributed by atoms with Crippen molar-refractivity contribution < 1.29 is 9.59 Å². The lowest BCUT2D eigenvalue weighted by atomic mass is 9.48. The Kier molecular flexibility index (Phi) is 2.75. The lowest BCUT2D eigenvalue weighted by Crippen LogP contribution is -2.58. The van der Waals surface area contributed by atoms with Crippen molar-refractivity contribution in [2.75, 3.05) is 6.54 Å². The maximum Gasteiger partial charge on any atom is 0.229 e. The number of likely N-dealkylation sites (tertiary alicyclic amines) is 1. The number of carbonyl (C=O) groups excluding carboxylic acids is 2. The molecule has 4 heteroatoms. The van der Waals surface area contributed by atoms with Gasteiger partial charge in [-0.15, -0.1) is 0 Å². The Morgan fingerprint density at radius 1 is 1.00 bits per heavy atom. The average molecular weight is 276 g/mol. The molecular formula is C16H24N2O2. The van der Waals surface area contributed by atoms with Crippen LogP contribution in [0.15, 0.2) is 0 Å². The second-order valence-corrected chi connectivity index (χ2v) is 7.78. The quantitative estimate of drug-likeness (QED) is 0.798. The topological polar surface area (TPSA) is 63.4 Å². The van der Waals surface area contributed by atoms with Gasteiger partial charge in [-0.25, -0.2) is 0 Å². The van der Waals surface area contributed by atoms with E-state index in [1.54, 1.807) is 0 Å². The third kappa shape index (κ3) is 1.84. The van der Waals surface area contributed by atoms with Crippen LogP contribution in [-0.2, 0) is 9.59 Å². The van der Waals surface area contributed by atoms with Gasteiger partial charge in [-0.1, -0.05) is 0 Å². The third-order valence-corrected chi connectivity index (χ3v) is 6.41. The van der Waals surface area contributed by atoms with Gasteiger partial charge in [0.05, 0.1) is 0 Å². The molecule has 1 heterocycles. The molecule has 2 N–H and O–H groups in total. The molecule has 110 valence electrons. The zero-order chi connectivity index (χ0) is 13.9. The summed E-state index contributed by atoms with van der Waals surface area (Å²) in [4.78, 5) is 25.0. The predicted molar refractivity (Wildman–Crippen MR) is 74.5 cm³/mol. The molecule has 4 aliphatic carbocycles. The number of carbonyl (C=O) groups is 2. The Balaban J connectivity index is 1.52. The Morgan fingerprint density at radius 2 is 1.45 bits per heavy atom. The number of nitrogens with two attached hydrogens (primary N) is 1. The van der Waals surface area contributed by atoms with Gasteiger partial charge in [0.15, 0.2) is 0 Å². The summed E-state index contributed by atoms with van der Waals surface area (Å²) in [5.74, 6) is 2.54. The first-order chi connectivity index (χ1) is 9.56. The van der Waals surface area contributed by atoms with Crippen LogP contribution in [0.2, 0.25) is 0 Å². The molecule has 1 saturated heterocycles. The highest BCUT2D eigenvalue weighted by molar-refractivity contribution is 6.01. The maximum absolute atomic E-state index is 11.8. The van der Waals surface area contributed by atoms with Gasteiger partial charge >= 0.3 is 0 Å². The van der Waals surface area contributed by atoms with Crippen LogP contribution in [-0.4, -0.2) is 29.3 Å². The van der Waals surface area contributed by atoms with Crippen LogP contribution in [0.4, 0.5) is 0 Å². The molecule has 0 radical (unpaired) electrons. The second-order valence-electron chi connectivity index (χ2n) is 7.78. The molecule has 4 saturated carbocycles. The van der Waals surface area contributed by atoms with Crippen molar-refractivity contribution in [1.29, 1.82) is 0 Å². The fourth-order valence-electron chi connectivity index (χ4n) is 5.85.